The summed E-state index contributed by atoms with van der Waals surface area (Å²) < 4.78 is 24.6. The van der Waals surface area contributed by atoms with Crippen LogP contribution in [0.25, 0.3) is 0 Å². The third-order valence-electron chi connectivity index (χ3n) is 1.46. The van der Waals surface area contributed by atoms with Gasteiger partial charge in [0.05, 0.1) is 10.6 Å². The second-order valence-corrected chi connectivity index (χ2v) is 2.78. The summed E-state index contributed by atoms with van der Waals surface area (Å²) in [6.45, 7) is 0. The Kier molecular flexibility index (Phi) is 2.85. The largest absolute Gasteiger partial charge is 0.477 e. The molecule has 0 aliphatic rings. The van der Waals surface area contributed by atoms with Gasteiger partial charge in [0.2, 0.25) is 5.56 Å². The fourth-order valence-electron chi connectivity index (χ4n) is 0.921. The molecule has 76 valence electrons. The molecule has 0 fully saturated rings. The summed E-state index contributed by atoms with van der Waals surface area (Å²) in [6.07, 6.45) is -3.05. The molecule has 1 heterocycles. The van der Waals surface area contributed by atoms with Gasteiger partial charge in [-0.2, -0.15) is 0 Å². The van der Waals surface area contributed by atoms with Gasteiger partial charge < -0.3 is 10.1 Å². The molecule has 1 aromatic rings. The number of aromatic amines is 1. The molecule has 4 nitrogen and oxygen atoms in total. The SMILES string of the molecule is O=C(O)c1[nH]c(=O)cc(Cl)c1C(F)F. The fourth-order valence-corrected chi connectivity index (χ4v) is 1.20. The number of nitrogens with one attached hydrogen (secondary N) is 1. The number of rotatable bonds is 2. The molecule has 7 heteroatoms. The Morgan fingerprint density at radius 2 is 2.14 bits per heavy atom. The third kappa shape index (κ3) is 1.90. The number of hydrogen-bond donors (Lipinski definition) is 2. The molecule has 0 aliphatic heterocycles. The zero-order valence-corrected chi connectivity index (χ0v) is 7.31. The Bertz CT molecular complexity index is 429. The highest BCUT2D eigenvalue weighted by atomic mass is 35.5. The Labute approximate surface area is 81.1 Å². The first-order chi connectivity index (χ1) is 6.43. The van der Waals surface area contributed by atoms with Gasteiger partial charge in [-0.05, 0) is 0 Å². The van der Waals surface area contributed by atoms with Crippen molar-refractivity contribution >= 4 is 17.6 Å². The van der Waals surface area contributed by atoms with Crippen LogP contribution in [0, 0.1) is 0 Å². The van der Waals surface area contributed by atoms with Crippen molar-refractivity contribution in [3.63, 3.8) is 0 Å². The molecule has 0 radical (unpaired) electrons. The van der Waals surface area contributed by atoms with Crippen LogP contribution in [0.3, 0.4) is 0 Å². The summed E-state index contributed by atoms with van der Waals surface area (Å²) in [6, 6.07) is 0.704. The van der Waals surface area contributed by atoms with E-state index in [1.807, 2.05) is 0 Å². The van der Waals surface area contributed by atoms with Gasteiger partial charge in [-0.3, -0.25) is 4.79 Å². The van der Waals surface area contributed by atoms with Gasteiger partial charge in [0, 0.05) is 6.07 Å². The van der Waals surface area contributed by atoms with Crippen LogP contribution in [0.2, 0.25) is 5.02 Å². The minimum atomic E-state index is -3.05. The van der Waals surface area contributed by atoms with Gasteiger partial charge in [-0.1, -0.05) is 11.6 Å². The van der Waals surface area contributed by atoms with Crippen LogP contribution in [0.15, 0.2) is 10.9 Å². The van der Waals surface area contributed by atoms with Crippen molar-refractivity contribution in [2.24, 2.45) is 0 Å². The maximum Gasteiger partial charge on any atom is 0.352 e. The predicted molar refractivity (Wildman–Crippen MR) is 44.0 cm³/mol. The van der Waals surface area contributed by atoms with E-state index in [1.54, 1.807) is 4.98 Å². The average Bonchev–Trinajstić information content (AvgIpc) is 2.01. The van der Waals surface area contributed by atoms with E-state index in [-0.39, 0.29) is 0 Å². The lowest BCUT2D eigenvalue weighted by atomic mass is 10.2. The quantitative estimate of drug-likeness (QED) is 0.801. The van der Waals surface area contributed by atoms with E-state index in [0.717, 1.165) is 0 Å². The molecule has 1 aromatic heterocycles. The number of hydrogen-bond acceptors (Lipinski definition) is 2. The molecule has 14 heavy (non-hydrogen) atoms. The van der Waals surface area contributed by atoms with E-state index in [1.165, 1.54) is 0 Å². The molecule has 0 atom stereocenters. The number of pyridine rings is 1. The number of carbonyl (C=O) groups is 1. The normalized spacial score (nSPS) is 10.6. The van der Waals surface area contributed by atoms with Gasteiger partial charge in [0.15, 0.2) is 0 Å². The first kappa shape index (κ1) is 10.6. The topological polar surface area (TPSA) is 70.2 Å². The number of carboxylic acids is 1. The zero-order valence-electron chi connectivity index (χ0n) is 6.55. The molecule has 1 rings (SSSR count). The predicted octanol–water partition coefficient (Wildman–Crippen LogP) is 1.66. The van der Waals surface area contributed by atoms with Crippen molar-refractivity contribution in [2.45, 2.75) is 6.43 Å². The molecule has 2 N–H and O–H groups in total. The number of aromatic nitrogens is 1. The van der Waals surface area contributed by atoms with Crippen molar-refractivity contribution in [3.05, 3.63) is 32.7 Å². The van der Waals surface area contributed by atoms with Crippen molar-refractivity contribution in [2.75, 3.05) is 0 Å². The van der Waals surface area contributed by atoms with E-state index in [2.05, 4.69) is 0 Å². The molecule has 0 amide bonds. The molecule has 0 aliphatic carbocycles. The van der Waals surface area contributed by atoms with Crippen LogP contribution >= 0.6 is 11.6 Å². The smallest absolute Gasteiger partial charge is 0.352 e. The molecular weight excluding hydrogens is 220 g/mol. The minimum absolute atomic E-state index is 0.554. The van der Waals surface area contributed by atoms with E-state index in [9.17, 15) is 18.4 Å². The maximum absolute atomic E-state index is 12.3. The lowest BCUT2D eigenvalue weighted by Crippen LogP contribution is -2.15. The van der Waals surface area contributed by atoms with Crippen LogP contribution < -0.4 is 5.56 Å². The van der Waals surface area contributed by atoms with Crippen molar-refractivity contribution < 1.29 is 18.7 Å². The standard InChI is InChI=1S/C7H4ClF2NO3/c8-2-1-3(12)11-5(7(13)14)4(2)6(9)10/h1,6H,(H,11,12)(H,13,14). The van der Waals surface area contributed by atoms with Gasteiger partial charge in [-0.25, -0.2) is 13.6 Å². The average molecular weight is 224 g/mol. The second kappa shape index (κ2) is 3.75. The molecule has 0 saturated carbocycles. The van der Waals surface area contributed by atoms with Crippen LogP contribution in [-0.2, 0) is 0 Å². The molecular formula is C7H4ClF2NO3. The molecule has 0 saturated heterocycles. The van der Waals surface area contributed by atoms with Crippen molar-refractivity contribution in [3.8, 4) is 0 Å². The highest BCUT2D eigenvalue weighted by Gasteiger charge is 2.22. The van der Waals surface area contributed by atoms with Gasteiger partial charge in [0.1, 0.15) is 5.69 Å². The maximum atomic E-state index is 12.3. The zero-order chi connectivity index (χ0) is 10.9. The number of alkyl halides is 2. The Balaban J connectivity index is 3.52. The van der Waals surface area contributed by atoms with Crippen LogP contribution in [0.4, 0.5) is 8.78 Å². The molecule has 0 aromatic carbocycles. The first-order valence-corrected chi connectivity index (χ1v) is 3.75. The summed E-state index contributed by atoms with van der Waals surface area (Å²) in [5, 5.41) is 7.95. The number of carboxylic acid groups (broad SMARTS) is 1. The summed E-state index contributed by atoms with van der Waals surface area (Å²) >= 11 is 5.31. The van der Waals surface area contributed by atoms with Crippen molar-refractivity contribution in [1.82, 2.24) is 4.98 Å². The van der Waals surface area contributed by atoms with E-state index >= 15 is 0 Å². The third-order valence-corrected chi connectivity index (χ3v) is 1.78. The van der Waals surface area contributed by atoms with E-state index < -0.39 is 34.2 Å². The summed E-state index contributed by atoms with van der Waals surface area (Å²) in [5.74, 6) is -1.65. The Hall–Kier alpha value is -1.43. The Morgan fingerprint density at radius 3 is 2.57 bits per heavy atom. The fraction of sp³-hybridized carbons (Fsp3) is 0.143. The number of aromatic carboxylic acids is 1. The van der Waals surface area contributed by atoms with E-state index in [4.69, 9.17) is 16.7 Å². The minimum Gasteiger partial charge on any atom is -0.477 e. The highest BCUT2D eigenvalue weighted by Crippen LogP contribution is 2.27. The van der Waals surface area contributed by atoms with Crippen LogP contribution in [0.1, 0.15) is 22.5 Å². The van der Waals surface area contributed by atoms with Crippen LogP contribution in [-0.4, -0.2) is 16.1 Å². The van der Waals surface area contributed by atoms with Crippen LogP contribution in [0.5, 0.6) is 0 Å². The number of H-pyrrole nitrogens is 1. The monoisotopic (exact) mass is 223 g/mol. The lowest BCUT2D eigenvalue weighted by Gasteiger charge is -2.05. The Morgan fingerprint density at radius 1 is 1.57 bits per heavy atom. The molecule has 0 spiro atoms. The lowest BCUT2D eigenvalue weighted by molar-refractivity contribution is 0.0676. The van der Waals surface area contributed by atoms with E-state index in [0.29, 0.717) is 6.07 Å². The summed E-state index contributed by atoms with van der Waals surface area (Å²) in [4.78, 5) is 23.0. The first-order valence-electron chi connectivity index (χ1n) is 3.37. The molecule has 0 bridgehead atoms. The van der Waals surface area contributed by atoms with Gasteiger partial charge >= 0.3 is 5.97 Å². The summed E-state index contributed by atoms with van der Waals surface area (Å²) in [7, 11) is 0. The van der Waals surface area contributed by atoms with Crippen molar-refractivity contribution in [1.29, 1.82) is 0 Å². The summed E-state index contributed by atoms with van der Waals surface area (Å²) in [5.41, 5.74) is -2.59. The molecule has 0 unspecified atom stereocenters. The second-order valence-electron chi connectivity index (χ2n) is 2.38. The van der Waals surface area contributed by atoms with Gasteiger partial charge in [-0.15, -0.1) is 0 Å². The highest BCUT2D eigenvalue weighted by molar-refractivity contribution is 6.31. The van der Waals surface area contributed by atoms with Gasteiger partial charge in [0.25, 0.3) is 6.43 Å². The number of halogens is 3.